The first-order valence-electron chi connectivity index (χ1n) is 6.78. The molecule has 2 rings (SSSR count). The molecule has 0 aliphatic heterocycles. The molecule has 1 aromatic heterocycles. The van der Waals surface area contributed by atoms with Gasteiger partial charge in [-0.3, -0.25) is 20.4 Å². The molecule has 2 aromatic rings. The largest absolute Gasteiger partial charge is 0.481 e. The van der Waals surface area contributed by atoms with Gasteiger partial charge in [0.2, 0.25) is 0 Å². The van der Waals surface area contributed by atoms with E-state index < -0.39 is 17.9 Å². The second-order valence-corrected chi connectivity index (χ2v) is 5.52. The number of ether oxygens (including phenoxy) is 1. The Hall–Kier alpha value is -2.67. The fraction of sp³-hybridized carbons (Fsp3) is 0.125. The minimum atomic E-state index is -0.845. The molecule has 0 saturated heterocycles. The molecule has 0 fully saturated rings. The molecule has 1 heterocycles. The van der Waals surface area contributed by atoms with Crippen LogP contribution in [0.4, 0.5) is 4.39 Å². The van der Waals surface area contributed by atoms with Crippen LogP contribution in [0.15, 0.2) is 47.9 Å². The molecule has 7 heteroatoms. The number of nitrogens with one attached hydrogen (secondary N) is 2. The Bertz CT molecular complexity index is 684. The smallest absolute Gasteiger partial charge is 0.279 e. The van der Waals surface area contributed by atoms with E-state index in [1.165, 1.54) is 48.6 Å². The van der Waals surface area contributed by atoms with E-state index in [4.69, 9.17) is 4.74 Å². The number of amides is 2. The van der Waals surface area contributed by atoms with Gasteiger partial charge in [0, 0.05) is 11.0 Å². The van der Waals surface area contributed by atoms with Crippen molar-refractivity contribution in [2.45, 2.75) is 13.0 Å². The fourth-order valence-electron chi connectivity index (χ4n) is 1.58. The predicted molar refractivity (Wildman–Crippen MR) is 86.1 cm³/mol. The highest BCUT2D eigenvalue weighted by Gasteiger charge is 2.14. The number of hydrogen-bond donors (Lipinski definition) is 2. The minimum Gasteiger partial charge on any atom is -0.481 e. The van der Waals surface area contributed by atoms with Crippen LogP contribution in [0.1, 0.15) is 11.8 Å². The van der Waals surface area contributed by atoms with Gasteiger partial charge in [-0.25, -0.2) is 4.39 Å². The van der Waals surface area contributed by atoms with Crippen molar-refractivity contribution in [2.24, 2.45) is 0 Å². The van der Waals surface area contributed by atoms with E-state index in [9.17, 15) is 14.0 Å². The molecule has 0 bridgehead atoms. The molecule has 0 saturated carbocycles. The Morgan fingerprint density at radius 1 is 1.22 bits per heavy atom. The van der Waals surface area contributed by atoms with Crippen LogP contribution in [0.3, 0.4) is 0 Å². The van der Waals surface area contributed by atoms with Gasteiger partial charge in [0.05, 0.1) is 0 Å². The van der Waals surface area contributed by atoms with Gasteiger partial charge in [0.1, 0.15) is 11.6 Å². The number of rotatable bonds is 5. The van der Waals surface area contributed by atoms with Crippen LogP contribution in [0, 0.1) is 5.82 Å². The first-order valence-corrected chi connectivity index (χ1v) is 7.66. The van der Waals surface area contributed by atoms with Crippen LogP contribution in [-0.2, 0) is 9.59 Å². The fourth-order valence-corrected chi connectivity index (χ4v) is 2.20. The number of carbonyl (C=O) groups is 2. The van der Waals surface area contributed by atoms with Gasteiger partial charge in [-0.05, 0) is 48.7 Å². The zero-order valence-corrected chi connectivity index (χ0v) is 13.1. The number of carbonyl (C=O) groups excluding carboxylic acids is 2. The van der Waals surface area contributed by atoms with E-state index in [0.29, 0.717) is 5.75 Å². The third-order valence-corrected chi connectivity index (χ3v) is 3.58. The Labute approximate surface area is 136 Å². The molecule has 0 radical (unpaired) electrons. The van der Waals surface area contributed by atoms with Gasteiger partial charge in [-0.1, -0.05) is 6.07 Å². The van der Waals surface area contributed by atoms with E-state index in [1.807, 2.05) is 17.5 Å². The third kappa shape index (κ3) is 5.55. The second-order valence-electron chi connectivity index (χ2n) is 4.54. The average molecular weight is 334 g/mol. The lowest BCUT2D eigenvalue weighted by molar-refractivity contribution is -0.131. The monoisotopic (exact) mass is 334 g/mol. The van der Waals surface area contributed by atoms with Crippen LogP contribution in [-0.4, -0.2) is 17.9 Å². The molecule has 1 unspecified atom stereocenters. The van der Waals surface area contributed by atoms with Crippen molar-refractivity contribution in [3.05, 3.63) is 58.5 Å². The van der Waals surface area contributed by atoms with Crippen molar-refractivity contribution in [3.63, 3.8) is 0 Å². The van der Waals surface area contributed by atoms with E-state index >= 15 is 0 Å². The van der Waals surface area contributed by atoms with Gasteiger partial charge >= 0.3 is 0 Å². The van der Waals surface area contributed by atoms with Gasteiger partial charge in [0.15, 0.2) is 6.10 Å². The zero-order chi connectivity index (χ0) is 16.7. The summed E-state index contributed by atoms with van der Waals surface area (Å²) in [5.41, 5.74) is 4.52. The predicted octanol–water partition coefficient (Wildman–Crippen LogP) is 2.52. The highest BCUT2D eigenvalue weighted by Crippen LogP contribution is 2.13. The minimum absolute atomic E-state index is 0.359. The normalized spacial score (nSPS) is 11.9. The molecule has 0 spiro atoms. The summed E-state index contributed by atoms with van der Waals surface area (Å²) in [6.45, 7) is 1.52. The van der Waals surface area contributed by atoms with Crippen LogP contribution < -0.4 is 15.6 Å². The summed E-state index contributed by atoms with van der Waals surface area (Å²) < 4.78 is 18.1. The second kappa shape index (κ2) is 8.09. The van der Waals surface area contributed by atoms with Gasteiger partial charge in [-0.15, -0.1) is 11.3 Å². The third-order valence-electron chi connectivity index (χ3n) is 2.75. The van der Waals surface area contributed by atoms with E-state index in [-0.39, 0.29) is 5.82 Å². The number of hydrazine groups is 1. The van der Waals surface area contributed by atoms with Crippen LogP contribution in [0.2, 0.25) is 0 Å². The van der Waals surface area contributed by atoms with Crippen molar-refractivity contribution in [3.8, 4) is 5.75 Å². The van der Waals surface area contributed by atoms with Crippen molar-refractivity contribution >= 4 is 29.2 Å². The summed E-state index contributed by atoms with van der Waals surface area (Å²) in [5.74, 6) is -1.01. The Balaban J connectivity index is 1.77. The first-order chi connectivity index (χ1) is 11.0. The van der Waals surface area contributed by atoms with Crippen molar-refractivity contribution in [1.29, 1.82) is 0 Å². The Morgan fingerprint density at radius 2 is 1.96 bits per heavy atom. The Morgan fingerprint density at radius 3 is 2.61 bits per heavy atom. The maximum Gasteiger partial charge on any atom is 0.279 e. The molecule has 5 nitrogen and oxygen atoms in total. The van der Waals surface area contributed by atoms with Gasteiger partial charge < -0.3 is 4.74 Å². The lowest BCUT2D eigenvalue weighted by atomic mass is 10.3. The van der Waals surface area contributed by atoms with E-state index in [1.54, 1.807) is 6.08 Å². The molecule has 1 aromatic carbocycles. The number of hydrogen-bond acceptors (Lipinski definition) is 4. The van der Waals surface area contributed by atoms with Gasteiger partial charge in [-0.2, -0.15) is 0 Å². The molecule has 0 aliphatic rings. The van der Waals surface area contributed by atoms with Gasteiger partial charge in [0.25, 0.3) is 11.8 Å². The molecule has 2 N–H and O–H groups in total. The maximum atomic E-state index is 12.8. The molecular weight excluding hydrogens is 319 g/mol. The summed E-state index contributed by atoms with van der Waals surface area (Å²) in [6.07, 6.45) is 2.12. The standard InChI is InChI=1S/C16H15FN2O3S/c1-11(22-13-6-4-12(17)5-7-13)16(21)19-18-15(20)9-8-14-3-2-10-23-14/h2-11H,1H3,(H,18,20)(H,19,21)/b9-8+. The molecular formula is C16H15FN2O3S. The highest BCUT2D eigenvalue weighted by atomic mass is 32.1. The van der Waals surface area contributed by atoms with Crippen LogP contribution in [0.25, 0.3) is 6.08 Å². The molecule has 2 amide bonds. The number of thiophene rings is 1. The summed E-state index contributed by atoms with van der Waals surface area (Å²) in [4.78, 5) is 24.3. The SMILES string of the molecule is CC(Oc1ccc(F)cc1)C(=O)NNC(=O)/C=C/c1cccs1. The van der Waals surface area contributed by atoms with Crippen molar-refractivity contribution in [2.75, 3.05) is 0 Å². The molecule has 1 atom stereocenters. The quantitative estimate of drug-likeness (QED) is 0.652. The summed E-state index contributed by atoms with van der Waals surface area (Å²) in [7, 11) is 0. The Kier molecular flexibility index (Phi) is 5.87. The van der Waals surface area contributed by atoms with E-state index in [0.717, 1.165) is 4.88 Å². The number of halogens is 1. The van der Waals surface area contributed by atoms with Crippen molar-refractivity contribution in [1.82, 2.24) is 10.9 Å². The summed E-state index contributed by atoms with van der Waals surface area (Å²) >= 11 is 1.50. The molecule has 120 valence electrons. The topological polar surface area (TPSA) is 67.4 Å². The lowest BCUT2D eigenvalue weighted by Crippen LogP contribution is -2.46. The molecule has 0 aliphatic carbocycles. The van der Waals surface area contributed by atoms with Crippen LogP contribution in [0.5, 0.6) is 5.75 Å². The maximum absolute atomic E-state index is 12.8. The van der Waals surface area contributed by atoms with E-state index in [2.05, 4.69) is 10.9 Å². The lowest BCUT2D eigenvalue weighted by Gasteiger charge is -2.14. The number of benzene rings is 1. The molecule has 23 heavy (non-hydrogen) atoms. The first kappa shape index (κ1) is 16.7. The summed E-state index contributed by atoms with van der Waals surface area (Å²) in [6, 6.07) is 9.04. The highest BCUT2D eigenvalue weighted by molar-refractivity contribution is 7.10. The average Bonchev–Trinajstić information content (AvgIpc) is 3.06. The zero-order valence-electron chi connectivity index (χ0n) is 12.3. The summed E-state index contributed by atoms with van der Waals surface area (Å²) in [5, 5.41) is 1.90. The van der Waals surface area contributed by atoms with Crippen LogP contribution >= 0.6 is 11.3 Å². The van der Waals surface area contributed by atoms with Crippen molar-refractivity contribution < 1.29 is 18.7 Å².